The monoisotopic (exact) mass is 275 g/mol. The molecule has 6 heteroatoms. The molecule has 0 aliphatic carbocycles. The van der Waals surface area contributed by atoms with Gasteiger partial charge in [0.1, 0.15) is 5.69 Å². The number of fused-ring (bicyclic) bond motifs is 1. The lowest BCUT2D eigenvalue weighted by Crippen LogP contribution is -2.25. The maximum absolute atomic E-state index is 11.9. The number of ether oxygens (including phenoxy) is 1. The number of nitrogens with one attached hydrogen (secondary N) is 3. The number of esters is 1. The van der Waals surface area contributed by atoms with E-state index < -0.39 is 12.0 Å². The molecule has 2 amide bonds. The molecule has 0 unspecified atom stereocenters. The highest BCUT2D eigenvalue weighted by atomic mass is 16.5. The predicted molar refractivity (Wildman–Crippen MR) is 77.2 cm³/mol. The molecular weight excluding hydrogens is 258 g/mol. The van der Waals surface area contributed by atoms with Gasteiger partial charge in [0, 0.05) is 12.4 Å². The summed E-state index contributed by atoms with van der Waals surface area (Å²) in [5.41, 5.74) is 3.44. The summed E-state index contributed by atoms with van der Waals surface area (Å²) in [5.74, 6) is -0.522. The number of anilines is 1. The second-order valence-electron chi connectivity index (χ2n) is 4.52. The molecule has 0 spiro atoms. The second-order valence-corrected chi connectivity index (χ2v) is 4.52. The Bertz CT molecular complexity index is 689. The van der Waals surface area contributed by atoms with Crippen LogP contribution >= 0.6 is 0 Å². The molecule has 2 aromatic rings. The van der Waals surface area contributed by atoms with Gasteiger partial charge in [0.2, 0.25) is 0 Å². The number of carbonyl (C=O) groups is 2. The van der Waals surface area contributed by atoms with Gasteiger partial charge in [-0.1, -0.05) is 12.1 Å². The molecule has 106 valence electrons. The molecular formula is C14H17N3O3. The summed E-state index contributed by atoms with van der Waals surface area (Å²) < 4.78 is 4.76. The molecule has 0 radical (unpaired) electrons. The first kappa shape index (κ1) is 13.9. The van der Waals surface area contributed by atoms with Crippen LogP contribution in [0.1, 0.15) is 21.6 Å². The first-order valence-corrected chi connectivity index (χ1v) is 6.18. The van der Waals surface area contributed by atoms with Crippen LogP contribution in [0.2, 0.25) is 0 Å². The van der Waals surface area contributed by atoms with Crippen molar-refractivity contribution in [1.82, 2.24) is 10.3 Å². The van der Waals surface area contributed by atoms with Crippen molar-refractivity contribution in [2.75, 3.05) is 19.5 Å². The third-order valence-electron chi connectivity index (χ3n) is 3.23. The van der Waals surface area contributed by atoms with Crippen molar-refractivity contribution in [3.63, 3.8) is 0 Å². The molecule has 0 saturated carbocycles. The van der Waals surface area contributed by atoms with Crippen molar-refractivity contribution in [2.45, 2.75) is 13.8 Å². The summed E-state index contributed by atoms with van der Waals surface area (Å²) in [4.78, 5) is 26.5. The minimum Gasteiger partial charge on any atom is -0.464 e. The highest BCUT2D eigenvalue weighted by molar-refractivity contribution is 6.12. The van der Waals surface area contributed by atoms with Gasteiger partial charge < -0.3 is 20.4 Å². The number of aromatic nitrogens is 1. The van der Waals surface area contributed by atoms with Gasteiger partial charge in [-0.25, -0.2) is 9.59 Å². The van der Waals surface area contributed by atoms with E-state index in [2.05, 4.69) is 15.6 Å². The van der Waals surface area contributed by atoms with Crippen LogP contribution in [0.5, 0.6) is 0 Å². The highest BCUT2D eigenvalue weighted by Crippen LogP contribution is 2.32. The molecule has 0 bridgehead atoms. The van der Waals surface area contributed by atoms with E-state index >= 15 is 0 Å². The smallest absolute Gasteiger partial charge is 0.356 e. The fraction of sp³-hybridized carbons (Fsp3) is 0.286. The van der Waals surface area contributed by atoms with Gasteiger partial charge in [0.25, 0.3) is 0 Å². The summed E-state index contributed by atoms with van der Waals surface area (Å²) in [5, 5.41) is 5.97. The number of methoxy groups -OCH3 is 1. The van der Waals surface area contributed by atoms with Gasteiger partial charge in [0.05, 0.1) is 18.3 Å². The fourth-order valence-corrected chi connectivity index (χ4v) is 2.16. The molecule has 3 N–H and O–H groups in total. The van der Waals surface area contributed by atoms with Crippen LogP contribution in [0.25, 0.3) is 10.9 Å². The van der Waals surface area contributed by atoms with E-state index in [9.17, 15) is 9.59 Å². The van der Waals surface area contributed by atoms with Crippen molar-refractivity contribution in [1.29, 1.82) is 0 Å². The van der Waals surface area contributed by atoms with E-state index in [-0.39, 0.29) is 5.69 Å². The fourth-order valence-electron chi connectivity index (χ4n) is 2.16. The lowest BCUT2D eigenvalue weighted by atomic mass is 10.1. The zero-order chi connectivity index (χ0) is 14.9. The van der Waals surface area contributed by atoms with Crippen LogP contribution in [-0.4, -0.2) is 31.1 Å². The van der Waals surface area contributed by atoms with Crippen molar-refractivity contribution < 1.29 is 14.3 Å². The topological polar surface area (TPSA) is 83.2 Å². The van der Waals surface area contributed by atoms with Gasteiger partial charge in [0.15, 0.2) is 0 Å². The molecule has 2 rings (SSSR count). The Labute approximate surface area is 116 Å². The van der Waals surface area contributed by atoms with Crippen LogP contribution in [-0.2, 0) is 4.74 Å². The number of H-pyrrole nitrogens is 1. The second kappa shape index (κ2) is 5.24. The number of urea groups is 1. The molecule has 0 aliphatic heterocycles. The van der Waals surface area contributed by atoms with Crippen molar-refractivity contribution in [2.24, 2.45) is 0 Å². The summed E-state index contributed by atoms with van der Waals surface area (Å²) in [6, 6.07) is 3.51. The van der Waals surface area contributed by atoms with E-state index in [1.165, 1.54) is 14.2 Å². The maximum atomic E-state index is 11.9. The van der Waals surface area contributed by atoms with Crippen LogP contribution in [0.15, 0.2) is 12.1 Å². The number of hydrogen-bond donors (Lipinski definition) is 3. The van der Waals surface area contributed by atoms with E-state index in [0.717, 1.165) is 22.0 Å². The average Bonchev–Trinajstić information content (AvgIpc) is 2.82. The Hall–Kier alpha value is -2.50. The average molecular weight is 275 g/mol. The number of hydrogen-bond acceptors (Lipinski definition) is 3. The van der Waals surface area contributed by atoms with E-state index in [0.29, 0.717) is 5.69 Å². The Balaban J connectivity index is 2.74. The first-order chi connectivity index (χ1) is 9.49. The zero-order valence-corrected chi connectivity index (χ0v) is 11.9. The van der Waals surface area contributed by atoms with Gasteiger partial charge in [-0.3, -0.25) is 0 Å². The Morgan fingerprint density at radius 2 is 1.85 bits per heavy atom. The van der Waals surface area contributed by atoms with E-state index in [1.54, 1.807) is 0 Å². The van der Waals surface area contributed by atoms with Crippen molar-refractivity contribution in [3.8, 4) is 0 Å². The summed E-state index contributed by atoms with van der Waals surface area (Å²) in [6.45, 7) is 3.86. The minimum absolute atomic E-state index is 0.239. The van der Waals surface area contributed by atoms with Crippen LogP contribution < -0.4 is 10.6 Å². The lowest BCUT2D eigenvalue weighted by molar-refractivity contribution is 0.0596. The minimum atomic E-state index is -0.522. The molecule has 1 aromatic heterocycles. The first-order valence-electron chi connectivity index (χ1n) is 6.18. The van der Waals surface area contributed by atoms with E-state index in [4.69, 9.17) is 4.74 Å². The van der Waals surface area contributed by atoms with Gasteiger partial charge in [-0.2, -0.15) is 0 Å². The lowest BCUT2D eigenvalue weighted by Gasteiger charge is -2.07. The predicted octanol–water partition coefficient (Wildman–Crippen LogP) is 2.32. The molecule has 0 saturated heterocycles. The molecule has 6 nitrogen and oxygen atoms in total. The normalized spacial score (nSPS) is 10.4. The molecule has 20 heavy (non-hydrogen) atoms. The number of benzene rings is 1. The molecule has 0 aliphatic rings. The molecule has 0 fully saturated rings. The van der Waals surface area contributed by atoms with Crippen LogP contribution in [0.3, 0.4) is 0 Å². The third kappa shape index (κ3) is 2.20. The van der Waals surface area contributed by atoms with E-state index in [1.807, 2.05) is 26.0 Å². The summed E-state index contributed by atoms with van der Waals surface area (Å²) >= 11 is 0. The number of amides is 2. The number of carbonyl (C=O) groups excluding carboxylic acids is 2. The Morgan fingerprint density at radius 1 is 1.20 bits per heavy atom. The van der Waals surface area contributed by atoms with Crippen molar-refractivity contribution in [3.05, 3.63) is 29.0 Å². The summed E-state index contributed by atoms with van der Waals surface area (Å²) in [7, 11) is 2.82. The number of rotatable bonds is 2. The van der Waals surface area contributed by atoms with Crippen LogP contribution in [0, 0.1) is 13.8 Å². The Morgan fingerprint density at radius 3 is 2.45 bits per heavy atom. The van der Waals surface area contributed by atoms with Crippen LogP contribution in [0.4, 0.5) is 10.5 Å². The zero-order valence-electron chi connectivity index (χ0n) is 11.9. The third-order valence-corrected chi connectivity index (χ3v) is 3.23. The van der Waals surface area contributed by atoms with Crippen molar-refractivity contribution >= 4 is 28.6 Å². The summed E-state index contributed by atoms with van der Waals surface area (Å²) in [6.07, 6.45) is 0. The molecule has 1 aromatic carbocycles. The van der Waals surface area contributed by atoms with Gasteiger partial charge in [-0.15, -0.1) is 0 Å². The Kier molecular flexibility index (Phi) is 3.65. The SMILES string of the molecule is CNC(=O)Nc1c(C(=O)OC)[nH]c2c(C)ccc(C)c12. The van der Waals surface area contributed by atoms with Gasteiger partial charge in [-0.05, 0) is 25.0 Å². The maximum Gasteiger partial charge on any atom is 0.356 e. The molecule has 1 heterocycles. The number of aromatic amines is 1. The highest BCUT2D eigenvalue weighted by Gasteiger charge is 2.21. The number of aryl methyl sites for hydroxylation is 2. The molecule has 0 atom stereocenters. The quantitative estimate of drug-likeness (QED) is 0.735. The largest absolute Gasteiger partial charge is 0.464 e. The van der Waals surface area contributed by atoms with Gasteiger partial charge >= 0.3 is 12.0 Å². The standard InChI is InChI=1S/C14H17N3O3/c1-7-5-6-8(2)10-9(7)11(17-14(19)15-3)12(16-10)13(18)20-4/h5-6,16H,1-4H3,(H2,15,17,19).